The first-order chi connectivity index (χ1) is 7.63. The zero-order chi connectivity index (χ0) is 12.0. The van der Waals surface area contributed by atoms with Gasteiger partial charge in [-0.05, 0) is 6.42 Å². The molecule has 0 aliphatic carbocycles. The second-order valence-corrected chi connectivity index (χ2v) is 3.40. The molecule has 1 heterocycles. The monoisotopic (exact) mass is 227 g/mol. The van der Waals surface area contributed by atoms with E-state index in [0.717, 1.165) is 25.2 Å². The van der Waals surface area contributed by atoms with Crippen molar-refractivity contribution in [2.24, 2.45) is 0 Å². The van der Waals surface area contributed by atoms with Crippen LogP contribution in [0.5, 0.6) is 0 Å². The van der Waals surface area contributed by atoms with E-state index in [0.29, 0.717) is 6.42 Å². The number of carbonyl (C=O) groups is 1. The molecule has 0 saturated carbocycles. The van der Waals surface area contributed by atoms with E-state index in [4.69, 9.17) is 5.11 Å². The highest BCUT2D eigenvalue weighted by Gasteiger charge is 2.17. The molecule has 0 aliphatic rings. The fraction of sp³-hybridized carbons (Fsp3) is 0.500. The van der Waals surface area contributed by atoms with E-state index in [1.54, 1.807) is 0 Å². The lowest BCUT2D eigenvalue weighted by atomic mass is 10.1. The molecule has 0 spiro atoms. The lowest BCUT2D eigenvalue weighted by Gasteiger charge is -2.13. The van der Waals surface area contributed by atoms with Crippen LogP contribution in [0.15, 0.2) is 12.4 Å². The van der Waals surface area contributed by atoms with Gasteiger partial charge in [0.05, 0.1) is 12.4 Å². The lowest BCUT2D eigenvalue weighted by molar-refractivity contribution is -0.138. The molecule has 0 aromatic carbocycles. The second kappa shape index (κ2) is 5.99. The van der Waals surface area contributed by atoms with Gasteiger partial charge in [0.15, 0.2) is 5.82 Å². The number of unbranched alkanes of at least 4 members (excludes halogenated alkanes) is 1. The molecule has 2 N–H and O–H groups in total. The van der Waals surface area contributed by atoms with Crippen LogP contribution in [-0.2, 0) is 4.79 Å². The number of nitrogens with one attached hydrogen (secondary N) is 1. The van der Waals surface area contributed by atoms with Gasteiger partial charge in [0.2, 0.25) is 5.95 Å². The predicted octanol–water partition coefficient (Wildman–Crippen LogP) is 1.67. The molecule has 0 saturated heterocycles. The van der Waals surface area contributed by atoms with Crippen molar-refractivity contribution < 1.29 is 14.3 Å². The van der Waals surface area contributed by atoms with Gasteiger partial charge < -0.3 is 10.4 Å². The smallest absolute Gasteiger partial charge is 0.326 e. The predicted molar refractivity (Wildman–Crippen MR) is 56.6 cm³/mol. The van der Waals surface area contributed by atoms with Gasteiger partial charge in [-0.2, -0.15) is 0 Å². The van der Waals surface area contributed by atoms with Crippen molar-refractivity contribution in [1.82, 2.24) is 9.97 Å². The maximum absolute atomic E-state index is 12.5. The average Bonchev–Trinajstić information content (AvgIpc) is 2.26. The summed E-state index contributed by atoms with van der Waals surface area (Å²) in [5, 5.41) is 11.6. The summed E-state index contributed by atoms with van der Waals surface area (Å²) in [5.74, 6) is -1.38. The Kier molecular flexibility index (Phi) is 4.63. The number of carboxylic acids is 1. The number of hydrogen-bond donors (Lipinski definition) is 2. The Labute approximate surface area is 92.7 Å². The molecular weight excluding hydrogens is 213 g/mol. The maximum Gasteiger partial charge on any atom is 0.326 e. The average molecular weight is 227 g/mol. The van der Waals surface area contributed by atoms with Crippen molar-refractivity contribution in [2.45, 2.75) is 32.2 Å². The van der Waals surface area contributed by atoms with Crippen molar-refractivity contribution in [3.8, 4) is 0 Å². The number of carboxylic acid groups (broad SMARTS) is 1. The van der Waals surface area contributed by atoms with Crippen molar-refractivity contribution >= 4 is 11.9 Å². The molecule has 0 aliphatic heterocycles. The van der Waals surface area contributed by atoms with Crippen molar-refractivity contribution in [1.29, 1.82) is 0 Å². The van der Waals surface area contributed by atoms with Crippen LogP contribution in [0.25, 0.3) is 0 Å². The van der Waals surface area contributed by atoms with Crippen LogP contribution in [0.2, 0.25) is 0 Å². The number of hydrogen-bond acceptors (Lipinski definition) is 4. The molecule has 0 fully saturated rings. The van der Waals surface area contributed by atoms with E-state index >= 15 is 0 Å². The molecule has 0 bridgehead atoms. The van der Waals surface area contributed by atoms with Crippen LogP contribution in [0.3, 0.4) is 0 Å². The topological polar surface area (TPSA) is 75.1 Å². The summed E-state index contributed by atoms with van der Waals surface area (Å²) in [4.78, 5) is 18.2. The molecular formula is C10H14FN3O2. The van der Waals surface area contributed by atoms with E-state index < -0.39 is 17.8 Å². The van der Waals surface area contributed by atoms with Gasteiger partial charge in [0.25, 0.3) is 0 Å². The quantitative estimate of drug-likeness (QED) is 0.773. The third-order valence-corrected chi connectivity index (χ3v) is 2.07. The van der Waals surface area contributed by atoms with Crippen LogP contribution in [0.1, 0.15) is 26.2 Å². The molecule has 1 atom stereocenters. The first-order valence-corrected chi connectivity index (χ1v) is 5.10. The summed E-state index contributed by atoms with van der Waals surface area (Å²) in [6.45, 7) is 1.98. The molecule has 1 aromatic rings. The summed E-state index contributed by atoms with van der Waals surface area (Å²) in [6, 6.07) is -0.731. The van der Waals surface area contributed by atoms with Gasteiger partial charge in [-0.3, -0.25) is 0 Å². The SMILES string of the molecule is CCCCC(Nc1ncc(F)cn1)C(=O)O. The van der Waals surface area contributed by atoms with Gasteiger partial charge >= 0.3 is 5.97 Å². The Balaban J connectivity index is 2.60. The zero-order valence-electron chi connectivity index (χ0n) is 8.98. The van der Waals surface area contributed by atoms with E-state index in [-0.39, 0.29) is 5.95 Å². The standard InChI is InChI=1S/C10H14FN3O2/c1-2-3-4-8(9(15)16)14-10-12-5-7(11)6-13-10/h5-6,8H,2-4H2,1H3,(H,15,16)(H,12,13,14). The highest BCUT2D eigenvalue weighted by Crippen LogP contribution is 2.07. The molecule has 88 valence electrons. The minimum absolute atomic E-state index is 0.130. The van der Waals surface area contributed by atoms with Gasteiger partial charge in [-0.1, -0.05) is 19.8 Å². The van der Waals surface area contributed by atoms with Gasteiger partial charge in [-0.25, -0.2) is 19.2 Å². The van der Waals surface area contributed by atoms with Crippen molar-refractivity contribution in [3.05, 3.63) is 18.2 Å². The molecule has 6 heteroatoms. The zero-order valence-corrected chi connectivity index (χ0v) is 8.98. The number of nitrogens with zero attached hydrogens (tertiary/aromatic N) is 2. The highest BCUT2D eigenvalue weighted by molar-refractivity contribution is 5.76. The fourth-order valence-corrected chi connectivity index (χ4v) is 1.21. The Morgan fingerprint density at radius 2 is 2.19 bits per heavy atom. The van der Waals surface area contributed by atoms with E-state index in [1.807, 2.05) is 6.92 Å². The number of anilines is 1. The van der Waals surface area contributed by atoms with Crippen LogP contribution in [0, 0.1) is 5.82 Å². The van der Waals surface area contributed by atoms with Gasteiger partial charge in [-0.15, -0.1) is 0 Å². The molecule has 16 heavy (non-hydrogen) atoms. The highest BCUT2D eigenvalue weighted by atomic mass is 19.1. The summed E-state index contributed by atoms with van der Waals surface area (Å²) >= 11 is 0. The Morgan fingerprint density at radius 3 is 2.69 bits per heavy atom. The Morgan fingerprint density at radius 1 is 1.56 bits per heavy atom. The molecule has 1 aromatic heterocycles. The van der Waals surface area contributed by atoms with Crippen LogP contribution in [0.4, 0.5) is 10.3 Å². The Hall–Kier alpha value is -1.72. The van der Waals surface area contributed by atoms with Crippen LogP contribution in [-0.4, -0.2) is 27.1 Å². The summed E-state index contributed by atoms with van der Waals surface area (Å²) in [6.07, 6.45) is 4.19. The molecule has 1 rings (SSSR count). The van der Waals surface area contributed by atoms with Gasteiger partial charge in [0.1, 0.15) is 6.04 Å². The number of rotatable bonds is 6. The molecule has 0 amide bonds. The lowest BCUT2D eigenvalue weighted by Crippen LogP contribution is -2.30. The number of aliphatic carboxylic acids is 1. The number of aromatic nitrogens is 2. The normalized spacial score (nSPS) is 12.1. The van der Waals surface area contributed by atoms with Crippen molar-refractivity contribution in [2.75, 3.05) is 5.32 Å². The maximum atomic E-state index is 12.5. The van der Waals surface area contributed by atoms with E-state index in [9.17, 15) is 9.18 Å². The van der Waals surface area contributed by atoms with E-state index in [2.05, 4.69) is 15.3 Å². The summed E-state index contributed by atoms with van der Waals surface area (Å²) in [5.41, 5.74) is 0. The molecule has 0 radical (unpaired) electrons. The first-order valence-electron chi connectivity index (χ1n) is 5.10. The van der Waals surface area contributed by atoms with Crippen LogP contribution < -0.4 is 5.32 Å². The summed E-state index contributed by atoms with van der Waals surface area (Å²) in [7, 11) is 0. The number of halogens is 1. The molecule has 1 unspecified atom stereocenters. The van der Waals surface area contributed by atoms with Gasteiger partial charge in [0, 0.05) is 0 Å². The largest absolute Gasteiger partial charge is 0.480 e. The Bertz CT molecular complexity index is 342. The summed E-state index contributed by atoms with van der Waals surface area (Å²) < 4.78 is 12.5. The third kappa shape index (κ3) is 3.80. The van der Waals surface area contributed by atoms with Crippen LogP contribution >= 0.6 is 0 Å². The first kappa shape index (κ1) is 12.4. The molecule has 5 nitrogen and oxygen atoms in total. The van der Waals surface area contributed by atoms with E-state index in [1.165, 1.54) is 0 Å². The van der Waals surface area contributed by atoms with Crippen molar-refractivity contribution in [3.63, 3.8) is 0 Å². The minimum Gasteiger partial charge on any atom is -0.480 e. The fourth-order valence-electron chi connectivity index (χ4n) is 1.21. The third-order valence-electron chi connectivity index (χ3n) is 2.07. The second-order valence-electron chi connectivity index (χ2n) is 3.40. The minimum atomic E-state index is -0.957.